The molecule has 2 fully saturated rings. The van der Waals surface area contributed by atoms with Crippen LogP contribution in [0.1, 0.15) is 31.9 Å². The molecule has 0 radical (unpaired) electrons. The third-order valence-corrected chi connectivity index (χ3v) is 6.74. The lowest BCUT2D eigenvalue weighted by atomic mass is 9.76. The van der Waals surface area contributed by atoms with Crippen LogP contribution in [0.5, 0.6) is 5.75 Å². The first-order chi connectivity index (χ1) is 15.0. The molecule has 3 aliphatic heterocycles. The Bertz CT molecular complexity index is 1160. The first kappa shape index (κ1) is 20.6. The number of hydrogen-bond acceptors (Lipinski definition) is 5. The number of rotatable bonds is 2. The summed E-state index contributed by atoms with van der Waals surface area (Å²) in [4.78, 5) is 41.8. The van der Waals surface area contributed by atoms with Crippen LogP contribution in [-0.2, 0) is 26.3 Å². The van der Waals surface area contributed by atoms with Gasteiger partial charge in [0.1, 0.15) is 17.1 Å². The predicted octanol–water partition coefficient (Wildman–Crippen LogP) is 2.29. The molecule has 0 aromatic heterocycles. The molecule has 0 bridgehead atoms. The summed E-state index contributed by atoms with van der Waals surface area (Å²) < 4.78 is 14.2. The Labute approximate surface area is 184 Å². The average Bonchev–Trinajstić information content (AvgIpc) is 3.28. The number of anilines is 1. The zero-order chi connectivity index (χ0) is 23.0. The minimum Gasteiger partial charge on any atom is -0.508 e. The van der Waals surface area contributed by atoms with Crippen molar-refractivity contribution in [2.45, 2.75) is 44.3 Å². The fraction of sp³-hybridized carbons (Fsp3) is 0.375. The molecule has 0 aliphatic carbocycles. The van der Waals surface area contributed by atoms with Crippen LogP contribution >= 0.6 is 0 Å². The van der Waals surface area contributed by atoms with Crippen molar-refractivity contribution in [1.82, 2.24) is 10.2 Å². The number of carbonyl (C=O) groups excluding carboxylic acids is 3. The van der Waals surface area contributed by atoms with Gasteiger partial charge in [-0.3, -0.25) is 24.6 Å². The Morgan fingerprint density at radius 1 is 1.06 bits per heavy atom. The topological polar surface area (TPSA) is 98.7 Å². The number of likely N-dealkylation sites (tertiary alicyclic amines) is 1. The van der Waals surface area contributed by atoms with Crippen LogP contribution in [0.3, 0.4) is 0 Å². The molecule has 166 valence electrons. The fourth-order valence-electron chi connectivity index (χ4n) is 5.50. The van der Waals surface area contributed by atoms with Gasteiger partial charge in [-0.1, -0.05) is 12.1 Å². The van der Waals surface area contributed by atoms with Gasteiger partial charge in [0.15, 0.2) is 0 Å². The largest absolute Gasteiger partial charge is 0.508 e. The number of phenolic OH excluding ortho intramolecular Hbond substituents is 1. The molecule has 3 N–H and O–H groups in total. The number of imide groups is 1. The molecule has 7 nitrogen and oxygen atoms in total. The number of nitrogens with zero attached hydrogens (tertiary/aromatic N) is 1. The van der Waals surface area contributed by atoms with Crippen LogP contribution < -0.4 is 10.6 Å². The second-order valence-corrected chi connectivity index (χ2v) is 9.76. The fourth-order valence-corrected chi connectivity index (χ4v) is 5.50. The van der Waals surface area contributed by atoms with E-state index in [4.69, 9.17) is 0 Å². The lowest BCUT2D eigenvalue weighted by molar-refractivity contribution is -0.147. The van der Waals surface area contributed by atoms with E-state index in [2.05, 4.69) is 10.6 Å². The van der Waals surface area contributed by atoms with Crippen LogP contribution in [0.4, 0.5) is 10.1 Å². The van der Waals surface area contributed by atoms with E-state index < -0.39 is 46.6 Å². The van der Waals surface area contributed by atoms with E-state index in [1.807, 2.05) is 0 Å². The van der Waals surface area contributed by atoms with E-state index in [9.17, 15) is 23.9 Å². The molecule has 2 aromatic rings. The van der Waals surface area contributed by atoms with Crippen molar-refractivity contribution in [2.75, 3.05) is 5.32 Å². The highest BCUT2D eigenvalue weighted by Crippen LogP contribution is 2.54. The molecule has 5 rings (SSSR count). The summed E-state index contributed by atoms with van der Waals surface area (Å²) in [7, 11) is 0. The highest BCUT2D eigenvalue weighted by Gasteiger charge is 2.71. The summed E-state index contributed by atoms with van der Waals surface area (Å²) in [6.45, 7) is 5.34. The van der Waals surface area contributed by atoms with Gasteiger partial charge in [-0.25, -0.2) is 4.39 Å². The number of halogens is 1. The summed E-state index contributed by atoms with van der Waals surface area (Å²) >= 11 is 0. The number of carbonyl (C=O) groups is 3. The molecule has 4 atom stereocenters. The quantitative estimate of drug-likeness (QED) is 0.627. The normalized spacial score (nSPS) is 28.9. The number of fused-ring (bicyclic) bond motifs is 4. The molecule has 0 saturated carbocycles. The monoisotopic (exact) mass is 437 g/mol. The zero-order valence-electron chi connectivity index (χ0n) is 18.0. The van der Waals surface area contributed by atoms with Crippen molar-refractivity contribution >= 4 is 23.4 Å². The number of benzene rings is 2. The third kappa shape index (κ3) is 2.72. The summed E-state index contributed by atoms with van der Waals surface area (Å²) in [6.07, 6.45) is 0.359. The van der Waals surface area contributed by atoms with E-state index in [-0.39, 0.29) is 11.7 Å². The molecule has 0 unspecified atom stereocenters. The lowest BCUT2D eigenvalue weighted by Crippen LogP contribution is -2.56. The van der Waals surface area contributed by atoms with Crippen LogP contribution in [0, 0.1) is 17.7 Å². The molecule has 8 heteroatoms. The minimum absolute atomic E-state index is 0.119. The third-order valence-electron chi connectivity index (χ3n) is 6.74. The average molecular weight is 437 g/mol. The maximum Gasteiger partial charge on any atom is 0.250 e. The molecule has 3 heterocycles. The summed E-state index contributed by atoms with van der Waals surface area (Å²) in [5.74, 6) is -3.40. The second-order valence-electron chi connectivity index (χ2n) is 9.76. The minimum atomic E-state index is -1.53. The van der Waals surface area contributed by atoms with E-state index in [1.165, 1.54) is 23.1 Å². The van der Waals surface area contributed by atoms with Crippen molar-refractivity contribution < 1.29 is 23.9 Å². The Hall–Kier alpha value is -3.26. The molecule has 2 aromatic carbocycles. The van der Waals surface area contributed by atoms with Gasteiger partial charge < -0.3 is 10.4 Å². The van der Waals surface area contributed by atoms with Crippen molar-refractivity contribution in [3.8, 4) is 5.75 Å². The summed E-state index contributed by atoms with van der Waals surface area (Å²) in [5.41, 5.74) is -0.674. The van der Waals surface area contributed by atoms with Gasteiger partial charge in [-0.15, -0.1) is 0 Å². The molecular formula is C24H24FN3O4. The van der Waals surface area contributed by atoms with E-state index >= 15 is 0 Å². The number of hydrogen-bond donors (Lipinski definition) is 3. The predicted molar refractivity (Wildman–Crippen MR) is 114 cm³/mol. The van der Waals surface area contributed by atoms with Gasteiger partial charge >= 0.3 is 0 Å². The van der Waals surface area contributed by atoms with Gasteiger partial charge in [0, 0.05) is 22.8 Å². The maximum atomic E-state index is 14.2. The first-order valence-electron chi connectivity index (χ1n) is 10.6. The van der Waals surface area contributed by atoms with Crippen molar-refractivity contribution in [3.63, 3.8) is 0 Å². The Morgan fingerprint density at radius 2 is 1.75 bits per heavy atom. The zero-order valence-corrected chi connectivity index (χ0v) is 18.0. The standard InChI is InChI=1S/C24H24FN3O4/c1-23(2,3)28-20(30)18-17(10-12-4-7-14(29)8-5-12)27-24(19(18)21(28)31)15-11-13(25)6-9-16(15)26-22(24)32/h4-9,11,17-19,27,29H,10H2,1-3H3,(H,26,32)/t17-,18+,19+,24-/m1/s1. The Morgan fingerprint density at radius 3 is 2.41 bits per heavy atom. The summed E-state index contributed by atoms with van der Waals surface area (Å²) in [6, 6.07) is 10.0. The van der Waals surface area contributed by atoms with Gasteiger partial charge in [-0.2, -0.15) is 0 Å². The van der Waals surface area contributed by atoms with Gasteiger partial charge in [0.2, 0.25) is 17.7 Å². The second kappa shape index (κ2) is 6.62. The van der Waals surface area contributed by atoms with Crippen molar-refractivity contribution in [1.29, 1.82) is 0 Å². The van der Waals surface area contributed by atoms with Gasteiger partial charge in [0.25, 0.3) is 0 Å². The van der Waals surface area contributed by atoms with Crippen LogP contribution in [0.2, 0.25) is 0 Å². The molecule has 3 amide bonds. The lowest BCUT2D eigenvalue weighted by Gasteiger charge is -2.34. The number of amides is 3. The Balaban J connectivity index is 1.66. The first-order valence-corrected chi connectivity index (χ1v) is 10.6. The van der Waals surface area contributed by atoms with Gasteiger partial charge in [0.05, 0.1) is 11.8 Å². The number of aromatic hydroxyl groups is 1. The van der Waals surface area contributed by atoms with Crippen LogP contribution in [0.25, 0.3) is 0 Å². The number of nitrogens with one attached hydrogen (secondary N) is 2. The van der Waals surface area contributed by atoms with E-state index in [0.29, 0.717) is 17.7 Å². The van der Waals surface area contributed by atoms with E-state index in [0.717, 1.165) is 5.56 Å². The maximum absolute atomic E-state index is 14.2. The van der Waals surface area contributed by atoms with Crippen LogP contribution in [0.15, 0.2) is 42.5 Å². The SMILES string of the molecule is CC(C)(C)N1C(=O)[C@@H]2[C@@H](C1=O)[C@@]1(N[C@@H]2Cc2ccc(O)cc2)C(=O)Nc2ccc(F)cc21. The molecule has 32 heavy (non-hydrogen) atoms. The van der Waals surface area contributed by atoms with Crippen molar-refractivity contribution in [3.05, 3.63) is 59.4 Å². The molecular weight excluding hydrogens is 413 g/mol. The highest BCUT2D eigenvalue weighted by atomic mass is 19.1. The number of phenols is 1. The summed E-state index contributed by atoms with van der Waals surface area (Å²) in [5, 5.41) is 15.7. The Kier molecular flexibility index (Phi) is 4.27. The van der Waals surface area contributed by atoms with E-state index in [1.54, 1.807) is 45.0 Å². The highest BCUT2D eigenvalue weighted by molar-refractivity contribution is 6.15. The van der Waals surface area contributed by atoms with Crippen molar-refractivity contribution in [2.24, 2.45) is 11.8 Å². The molecule has 2 saturated heterocycles. The van der Waals surface area contributed by atoms with Crippen LogP contribution in [-0.4, -0.2) is 39.3 Å². The smallest absolute Gasteiger partial charge is 0.250 e. The molecule has 3 aliphatic rings. The van der Waals surface area contributed by atoms with Gasteiger partial charge in [-0.05, 0) is 63.1 Å². The molecule has 1 spiro atoms.